The van der Waals surface area contributed by atoms with Crippen molar-refractivity contribution in [3.8, 4) is 5.75 Å². The van der Waals surface area contributed by atoms with Gasteiger partial charge in [0, 0.05) is 11.6 Å². The Labute approximate surface area is 190 Å². The fourth-order valence-electron chi connectivity index (χ4n) is 3.96. The van der Waals surface area contributed by atoms with Gasteiger partial charge in [-0.15, -0.1) is 0 Å². The predicted molar refractivity (Wildman–Crippen MR) is 126 cm³/mol. The molecule has 2 aromatic carbocycles. The molecule has 6 heteroatoms. The number of aliphatic hydroxyl groups is 1. The molecule has 2 amide bonds. The van der Waals surface area contributed by atoms with Gasteiger partial charge in [-0.25, -0.2) is 0 Å². The van der Waals surface area contributed by atoms with E-state index in [4.69, 9.17) is 4.74 Å². The van der Waals surface area contributed by atoms with Crippen molar-refractivity contribution in [3.05, 3.63) is 59.7 Å². The molecule has 0 aromatic heterocycles. The first-order chi connectivity index (χ1) is 15.2. The highest BCUT2D eigenvalue weighted by atomic mass is 16.5. The van der Waals surface area contributed by atoms with E-state index in [1.807, 2.05) is 24.3 Å². The number of rotatable bonds is 6. The maximum Gasteiger partial charge on any atom is 0.251 e. The van der Waals surface area contributed by atoms with Gasteiger partial charge in [-0.3, -0.25) is 9.59 Å². The lowest BCUT2D eigenvalue weighted by Crippen LogP contribution is -2.41. The summed E-state index contributed by atoms with van der Waals surface area (Å²) in [5, 5.41) is 15.6. The standard InChI is InChI=1S/C26H34N2O4/c1-26(2,3)19-9-11-20(12-10-19)27-25(31)23(17-7-15-22(32-4)16-8-17)28-24(30)18-5-13-21(29)14-6-18/h7-12,15-16,18,21,23,29H,5-6,13-14H2,1-4H3,(H,27,31)(H,28,30). The minimum Gasteiger partial charge on any atom is -0.497 e. The number of nitrogens with one attached hydrogen (secondary N) is 2. The number of hydrogen-bond acceptors (Lipinski definition) is 4. The van der Waals surface area contributed by atoms with Crippen LogP contribution < -0.4 is 15.4 Å². The summed E-state index contributed by atoms with van der Waals surface area (Å²) < 4.78 is 5.22. The Bertz CT molecular complexity index is 908. The highest BCUT2D eigenvalue weighted by Crippen LogP contribution is 2.27. The lowest BCUT2D eigenvalue weighted by molar-refractivity contribution is -0.130. The third-order valence-corrected chi connectivity index (χ3v) is 6.08. The van der Waals surface area contributed by atoms with Gasteiger partial charge < -0.3 is 20.5 Å². The minimum absolute atomic E-state index is 0.0235. The monoisotopic (exact) mass is 438 g/mol. The summed E-state index contributed by atoms with van der Waals surface area (Å²) >= 11 is 0. The van der Waals surface area contributed by atoms with Crippen LogP contribution in [0.1, 0.15) is 63.6 Å². The van der Waals surface area contributed by atoms with E-state index in [1.165, 1.54) is 5.56 Å². The Morgan fingerprint density at radius 1 is 0.969 bits per heavy atom. The molecule has 1 aliphatic carbocycles. The number of ether oxygens (including phenoxy) is 1. The quantitative estimate of drug-likeness (QED) is 0.626. The smallest absolute Gasteiger partial charge is 0.251 e. The topological polar surface area (TPSA) is 87.7 Å². The first kappa shape index (κ1) is 23.8. The zero-order valence-electron chi connectivity index (χ0n) is 19.4. The third kappa shape index (κ3) is 6.10. The number of amides is 2. The number of methoxy groups -OCH3 is 1. The molecule has 1 unspecified atom stereocenters. The minimum atomic E-state index is -0.831. The lowest BCUT2D eigenvalue weighted by Gasteiger charge is -2.27. The Morgan fingerprint density at radius 2 is 1.56 bits per heavy atom. The van der Waals surface area contributed by atoms with Crippen LogP contribution >= 0.6 is 0 Å². The fraction of sp³-hybridized carbons (Fsp3) is 0.462. The highest BCUT2D eigenvalue weighted by molar-refractivity contribution is 5.98. The van der Waals surface area contributed by atoms with Crippen molar-refractivity contribution >= 4 is 17.5 Å². The van der Waals surface area contributed by atoms with Crippen LogP contribution in [0.5, 0.6) is 5.75 Å². The second-order valence-electron chi connectivity index (χ2n) is 9.54. The van der Waals surface area contributed by atoms with Gasteiger partial charge in [0.25, 0.3) is 5.91 Å². The lowest BCUT2D eigenvalue weighted by atomic mass is 9.86. The molecule has 1 fully saturated rings. The van der Waals surface area contributed by atoms with Crippen LogP contribution in [0, 0.1) is 5.92 Å². The average Bonchev–Trinajstić information content (AvgIpc) is 2.77. The van der Waals surface area contributed by atoms with Crippen molar-refractivity contribution in [2.24, 2.45) is 5.92 Å². The molecule has 0 heterocycles. The Hall–Kier alpha value is -2.86. The summed E-state index contributed by atoms with van der Waals surface area (Å²) in [5.74, 6) is 0.0232. The molecule has 2 aromatic rings. The molecule has 1 aliphatic rings. The molecule has 3 N–H and O–H groups in total. The summed E-state index contributed by atoms with van der Waals surface area (Å²) in [5.41, 5.74) is 2.56. The normalized spacial score (nSPS) is 19.7. The van der Waals surface area contributed by atoms with E-state index in [9.17, 15) is 14.7 Å². The van der Waals surface area contributed by atoms with Gasteiger partial charge in [0.1, 0.15) is 11.8 Å². The molecule has 6 nitrogen and oxygen atoms in total. The maximum atomic E-state index is 13.2. The Morgan fingerprint density at radius 3 is 2.09 bits per heavy atom. The second-order valence-corrected chi connectivity index (χ2v) is 9.54. The van der Waals surface area contributed by atoms with E-state index in [0.29, 0.717) is 42.7 Å². The second kappa shape index (κ2) is 10.2. The van der Waals surface area contributed by atoms with Crippen LogP contribution in [-0.4, -0.2) is 30.1 Å². The number of anilines is 1. The largest absolute Gasteiger partial charge is 0.497 e. The van der Waals surface area contributed by atoms with Crippen molar-refractivity contribution in [3.63, 3.8) is 0 Å². The van der Waals surface area contributed by atoms with Gasteiger partial charge in [-0.05, 0) is 66.5 Å². The maximum absolute atomic E-state index is 13.2. The van der Waals surface area contributed by atoms with Crippen LogP contribution in [0.2, 0.25) is 0 Å². The van der Waals surface area contributed by atoms with Gasteiger partial charge in [-0.1, -0.05) is 45.0 Å². The summed E-state index contributed by atoms with van der Waals surface area (Å²) in [6.07, 6.45) is 2.13. The highest BCUT2D eigenvalue weighted by Gasteiger charge is 2.30. The molecule has 0 aliphatic heterocycles. The first-order valence-corrected chi connectivity index (χ1v) is 11.2. The van der Waals surface area contributed by atoms with E-state index < -0.39 is 6.04 Å². The van der Waals surface area contributed by atoms with Crippen molar-refractivity contribution < 1.29 is 19.4 Å². The molecular formula is C26H34N2O4. The molecule has 1 atom stereocenters. The number of carbonyl (C=O) groups is 2. The van der Waals surface area contributed by atoms with Crippen LogP contribution in [0.15, 0.2) is 48.5 Å². The number of aliphatic hydroxyl groups excluding tert-OH is 1. The summed E-state index contributed by atoms with van der Waals surface area (Å²) in [4.78, 5) is 26.1. The summed E-state index contributed by atoms with van der Waals surface area (Å²) in [7, 11) is 1.58. The number of benzene rings is 2. The van der Waals surface area contributed by atoms with E-state index in [-0.39, 0.29) is 29.3 Å². The zero-order valence-corrected chi connectivity index (χ0v) is 19.4. The molecule has 3 rings (SSSR count). The molecule has 0 radical (unpaired) electrons. The van der Waals surface area contributed by atoms with Gasteiger partial charge in [0.15, 0.2) is 0 Å². The molecule has 0 bridgehead atoms. The van der Waals surface area contributed by atoms with Crippen LogP contribution in [0.3, 0.4) is 0 Å². The molecule has 1 saturated carbocycles. The van der Waals surface area contributed by atoms with Crippen molar-refractivity contribution in [1.82, 2.24) is 5.32 Å². The molecule has 32 heavy (non-hydrogen) atoms. The SMILES string of the molecule is COc1ccc(C(NC(=O)C2CCC(O)CC2)C(=O)Nc2ccc(C(C)(C)C)cc2)cc1. The van der Waals surface area contributed by atoms with Gasteiger partial charge in [-0.2, -0.15) is 0 Å². The van der Waals surface area contributed by atoms with E-state index in [2.05, 4.69) is 31.4 Å². The van der Waals surface area contributed by atoms with E-state index >= 15 is 0 Å². The predicted octanol–water partition coefficient (Wildman–Crippen LogP) is 4.34. The van der Waals surface area contributed by atoms with Crippen molar-refractivity contribution in [2.75, 3.05) is 12.4 Å². The van der Waals surface area contributed by atoms with Crippen molar-refractivity contribution in [2.45, 2.75) is 64.0 Å². The third-order valence-electron chi connectivity index (χ3n) is 6.08. The number of hydrogen-bond donors (Lipinski definition) is 3. The first-order valence-electron chi connectivity index (χ1n) is 11.2. The summed E-state index contributed by atoms with van der Waals surface area (Å²) in [6, 6.07) is 14.1. The van der Waals surface area contributed by atoms with E-state index in [0.717, 1.165) is 0 Å². The average molecular weight is 439 g/mol. The Kier molecular flexibility index (Phi) is 7.56. The van der Waals surface area contributed by atoms with E-state index in [1.54, 1.807) is 31.4 Å². The van der Waals surface area contributed by atoms with Gasteiger partial charge >= 0.3 is 0 Å². The van der Waals surface area contributed by atoms with Gasteiger partial charge in [0.2, 0.25) is 5.91 Å². The number of carbonyl (C=O) groups excluding carboxylic acids is 2. The molecule has 172 valence electrons. The fourth-order valence-corrected chi connectivity index (χ4v) is 3.96. The zero-order chi connectivity index (χ0) is 23.3. The molecular weight excluding hydrogens is 404 g/mol. The molecule has 0 spiro atoms. The van der Waals surface area contributed by atoms with Crippen LogP contribution in [-0.2, 0) is 15.0 Å². The van der Waals surface area contributed by atoms with Crippen LogP contribution in [0.25, 0.3) is 0 Å². The van der Waals surface area contributed by atoms with Crippen molar-refractivity contribution in [1.29, 1.82) is 0 Å². The summed E-state index contributed by atoms with van der Waals surface area (Å²) in [6.45, 7) is 6.42. The molecule has 0 saturated heterocycles. The van der Waals surface area contributed by atoms with Crippen LogP contribution in [0.4, 0.5) is 5.69 Å². The van der Waals surface area contributed by atoms with Gasteiger partial charge in [0.05, 0.1) is 13.2 Å². The Balaban J connectivity index is 1.77.